The third kappa shape index (κ3) is 2.22. The molecule has 0 radical (unpaired) electrons. The summed E-state index contributed by atoms with van der Waals surface area (Å²) in [6.45, 7) is 5.51. The molecule has 2 nitrogen and oxygen atoms in total. The van der Waals surface area contributed by atoms with E-state index in [-0.39, 0.29) is 5.78 Å². The summed E-state index contributed by atoms with van der Waals surface area (Å²) in [5, 5.41) is 0. The molecule has 0 spiro atoms. The molecule has 0 atom stereocenters. The molecule has 0 unspecified atom stereocenters. The van der Waals surface area contributed by atoms with Gasteiger partial charge < -0.3 is 4.90 Å². The Labute approximate surface area is 84.9 Å². The number of Topliss-reactive ketones (excluding diaryl/α,β-unsaturated/α-hetero) is 1. The molecule has 0 saturated heterocycles. The molecule has 1 aromatic rings. The number of hydrogen-bond acceptors (Lipinski definition) is 2. The Hall–Kier alpha value is -1.57. The van der Waals surface area contributed by atoms with Gasteiger partial charge in [0.25, 0.3) is 0 Å². The molecule has 1 rings (SSSR count). The fourth-order valence-electron chi connectivity index (χ4n) is 1.16. The second kappa shape index (κ2) is 4.09. The topological polar surface area (TPSA) is 20.3 Å². The third-order valence-electron chi connectivity index (χ3n) is 2.16. The molecule has 0 amide bonds. The van der Waals surface area contributed by atoms with E-state index in [1.807, 2.05) is 43.3 Å². The van der Waals surface area contributed by atoms with E-state index in [0.29, 0.717) is 0 Å². The van der Waals surface area contributed by atoms with Crippen molar-refractivity contribution >= 4 is 11.5 Å². The van der Waals surface area contributed by atoms with Crippen LogP contribution in [0.2, 0.25) is 0 Å². The van der Waals surface area contributed by atoms with E-state index < -0.39 is 0 Å². The largest absolute Gasteiger partial charge is 0.378 e. The third-order valence-corrected chi connectivity index (χ3v) is 2.16. The highest BCUT2D eigenvalue weighted by molar-refractivity contribution is 5.94. The van der Waals surface area contributed by atoms with E-state index in [0.717, 1.165) is 16.8 Å². The zero-order chi connectivity index (χ0) is 10.7. The van der Waals surface area contributed by atoms with Gasteiger partial charge in [-0.15, -0.1) is 0 Å². The van der Waals surface area contributed by atoms with Gasteiger partial charge in [-0.3, -0.25) is 4.79 Å². The van der Waals surface area contributed by atoms with Crippen LogP contribution in [0.1, 0.15) is 22.8 Å². The smallest absolute Gasteiger partial charge is 0.159 e. The van der Waals surface area contributed by atoms with E-state index in [2.05, 4.69) is 6.58 Å². The number of carbonyl (C=O) groups excluding carboxylic acids is 1. The highest BCUT2D eigenvalue weighted by Crippen LogP contribution is 2.15. The van der Waals surface area contributed by atoms with Gasteiger partial charge >= 0.3 is 0 Å². The van der Waals surface area contributed by atoms with E-state index in [1.165, 1.54) is 0 Å². The molecule has 0 heterocycles. The Morgan fingerprint density at radius 1 is 1.14 bits per heavy atom. The van der Waals surface area contributed by atoms with E-state index >= 15 is 0 Å². The summed E-state index contributed by atoms with van der Waals surface area (Å²) >= 11 is 0. The van der Waals surface area contributed by atoms with Crippen molar-refractivity contribution in [1.29, 1.82) is 0 Å². The van der Waals surface area contributed by atoms with E-state index in [1.54, 1.807) is 6.92 Å². The maximum atomic E-state index is 11.0. The lowest BCUT2D eigenvalue weighted by molar-refractivity contribution is 0.101. The Kier molecular flexibility index (Phi) is 3.07. The molecule has 0 saturated carbocycles. The predicted octanol–water partition coefficient (Wildman–Crippen LogP) is 2.42. The number of nitrogens with zero attached hydrogens (tertiary/aromatic N) is 1. The normalized spacial score (nSPS) is 9.64. The zero-order valence-electron chi connectivity index (χ0n) is 8.87. The number of rotatable bonds is 3. The highest BCUT2D eigenvalue weighted by Gasteiger charge is 2.02. The molecule has 14 heavy (non-hydrogen) atoms. The lowest BCUT2D eigenvalue weighted by atomic mass is 10.1. The predicted molar refractivity (Wildman–Crippen MR) is 59.2 cm³/mol. The van der Waals surface area contributed by atoms with Gasteiger partial charge in [0.2, 0.25) is 0 Å². The first-order chi connectivity index (χ1) is 6.52. The Morgan fingerprint density at radius 2 is 1.57 bits per heavy atom. The van der Waals surface area contributed by atoms with Crippen molar-refractivity contribution in [2.45, 2.75) is 6.92 Å². The lowest BCUT2D eigenvalue weighted by Crippen LogP contribution is -2.08. The first kappa shape index (κ1) is 10.5. The number of benzene rings is 1. The Balaban J connectivity index is 2.94. The maximum absolute atomic E-state index is 11.0. The summed E-state index contributed by atoms with van der Waals surface area (Å²) < 4.78 is 0. The van der Waals surface area contributed by atoms with Crippen LogP contribution in [0.5, 0.6) is 0 Å². The van der Waals surface area contributed by atoms with Gasteiger partial charge in [0.05, 0.1) is 0 Å². The van der Waals surface area contributed by atoms with Crippen LogP contribution in [0, 0.1) is 0 Å². The average molecular weight is 189 g/mol. The van der Waals surface area contributed by atoms with Gasteiger partial charge in [0, 0.05) is 25.4 Å². The fraction of sp³-hybridized carbons (Fsp3) is 0.250. The maximum Gasteiger partial charge on any atom is 0.159 e. The molecule has 0 aliphatic carbocycles. The molecule has 0 aliphatic rings. The van der Waals surface area contributed by atoms with Crippen molar-refractivity contribution in [1.82, 2.24) is 4.90 Å². The molecule has 2 heteroatoms. The highest BCUT2D eigenvalue weighted by atomic mass is 16.1. The number of carbonyl (C=O) groups is 1. The fourth-order valence-corrected chi connectivity index (χ4v) is 1.16. The average Bonchev–Trinajstić information content (AvgIpc) is 2.16. The Bertz CT molecular complexity index is 349. The van der Waals surface area contributed by atoms with Crippen molar-refractivity contribution in [3.05, 3.63) is 42.0 Å². The van der Waals surface area contributed by atoms with Crippen LogP contribution in [0.25, 0.3) is 5.70 Å². The number of ketones is 1. The van der Waals surface area contributed by atoms with Crippen LogP contribution in [0.3, 0.4) is 0 Å². The van der Waals surface area contributed by atoms with Crippen LogP contribution in [0.4, 0.5) is 0 Å². The molecular weight excluding hydrogens is 174 g/mol. The van der Waals surface area contributed by atoms with Crippen molar-refractivity contribution in [3.8, 4) is 0 Å². The van der Waals surface area contributed by atoms with Gasteiger partial charge in [-0.1, -0.05) is 30.8 Å². The molecule has 0 fully saturated rings. The second-order valence-corrected chi connectivity index (χ2v) is 3.47. The van der Waals surface area contributed by atoms with Gasteiger partial charge in [0.15, 0.2) is 5.78 Å². The molecule has 1 aromatic carbocycles. The van der Waals surface area contributed by atoms with Crippen LogP contribution >= 0.6 is 0 Å². The monoisotopic (exact) mass is 189 g/mol. The first-order valence-electron chi connectivity index (χ1n) is 4.50. The first-order valence-corrected chi connectivity index (χ1v) is 4.50. The summed E-state index contributed by atoms with van der Waals surface area (Å²) in [6, 6.07) is 7.48. The van der Waals surface area contributed by atoms with Crippen LogP contribution in [0.15, 0.2) is 30.8 Å². The lowest BCUT2D eigenvalue weighted by Gasteiger charge is -2.15. The van der Waals surface area contributed by atoms with Gasteiger partial charge in [-0.2, -0.15) is 0 Å². The summed E-state index contributed by atoms with van der Waals surface area (Å²) in [5.41, 5.74) is 2.72. The van der Waals surface area contributed by atoms with Crippen LogP contribution in [-0.2, 0) is 0 Å². The minimum absolute atomic E-state index is 0.0898. The van der Waals surface area contributed by atoms with Gasteiger partial charge in [-0.05, 0) is 12.5 Å². The molecule has 0 aromatic heterocycles. The molecule has 74 valence electrons. The van der Waals surface area contributed by atoms with E-state index in [4.69, 9.17) is 0 Å². The van der Waals surface area contributed by atoms with Crippen molar-refractivity contribution in [3.63, 3.8) is 0 Å². The minimum Gasteiger partial charge on any atom is -0.378 e. The second-order valence-electron chi connectivity index (χ2n) is 3.47. The van der Waals surface area contributed by atoms with Crippen molar-refractivity contribution in [2.24, 2.45) is 0 Å². The molecule has 0 aliphatic heterocycles. The van der Waals surface area contributed by atoms with Crippen molar-refractivity contribution < 1.29 is 4.79 Å². The zero-order valence-corrected chi connectivity index (χ0v) is 8.87. The van der Waals surface area contributed by atoms with Gasteiger partial charge in [-0.25, -0.2) is 0 Å². The summed E-state index contributed by atoms with van der Waals surface area (Å²) in [7, 11) is 3.89. The summed E-state index contributed by atoms with van der Waals surface area (Å²) in [4.78, 5) is 13.0. The standard InChI is InChI=1S/C12H15NO/c1-9(13(3)4)11-5-7-12(8-6-11)10(2)14/h5-8H,1H2,2-4H3. The SMILES string of the molecule is C=C(c1ccc(C(C)=O)cc1)N(C)C. The quantitative estimate of drug-likeness (QED) is 0.680. The van der Waals surface area contributed by atoms with Crippen LogP contribution in [-0.4, -0.2) is 24.8 Å². The minimum atomic E-state index is 0.0898. The summed E-state index contributed by atoms with van der Waals surface area (Å²) in [5.74, 6) is 0.0898. The number of hydrogen-bond donors (Lipinski definition) is 0. The molecular formula is C12H15NO. The summed E-state index contributed by atoms with van der Waals surface area (Å²) in [6.07, 6.45) is 0. The van der Waals surface area contributed by atoms with Crippen LogP contribution < -0.4 is 0 Å². The van der Waals surface area contributed by atoms with Crippen molar-refractivity contribution in [2.75, 3.05) is 14.1 Å². The molecule has 0 N–H and O–H groups in total. The van der Waals surface area contributed by atoms with E-state index in [9.17, 15) is 4.79 Å². The van der Waals surface area contributed by atoms with Gasteiger partial charge in [0.1, 0.15) is 0 Å². The molecule has 0 bridgehead atoms. The Morgan fingerprint density at radius 3 is 1.93 bits per heavy atom.